The number of hydrogen-bond donors (Lipinski definition) is 0. The van der Waals surface area contributed by atoms with Crippen molar-refractivity contribution in [3.8, 4) is 11.4 Å². The van der Waals surface area contributed by atoms with Gasteiger partial charge in [-0.2, -0.15) is 0 Å². The van der Waals surface area contributed by atoms with Gasteiger partial charge in [0.15, 0.2) is 0 Å². The smallest absolute Gasteiger partial charge is 0.309 e. The number of hydrogen-bond acceptors (Lipinski definition) is 5. The van der Waals surface area contributed by atoms with E-state index in [2.05, 4.69) is 43.5 Å². The van der Waals surface area contributed by atoms with Crippen molar-refractivity contribution in [1.29, 1.82) is 0 Å². The van der Waals surface area contributed by atoms with Crippen LogP contribution < -0.4 is 5.56 Å². The first-order chi connectivity index (χ1) is 16.8. The van der Waals surface area contributed by atoms with Gasteiger partial charge in [0.05, 0.1) is 30.2 Å². The number of ether oxygens (including phenoxy) is 2. The molecule has 188 valence electrons. The van der Waals surface area contributed by atoms with Crippen LogP contribution in [0.1, 0.15) is 51.2 Å². The highest BCUT2D eigenvalue weighted by atomic mass is 16.6. The zero-order chi connectivity index (χ0) is 25.1. The van der Waals surface area contributed by atoms with Crippen molar-refractivity contribution >= 4 is 17.0 Å². The SMILES string of the molecule is CCn1c(-c2cc(C)c(=O)n(C)c2)nc2cc(CC[C@@H](CC(C)C)C(=O)O[C@H]3CCOC3)ccc21. The number of carbonyl (C=O) groups is 1. The molecule has 1 aliphatic rings. The molecule has 2 aromatic heterocycles. The first-order valence-electron chi connectivity index (χ1n) is 12.7. The van der Waals surface area contributed by atoms with Crippen LogP contribution in [0.2, 0.25) is 0 Å². The first kappa shape index (κ1) is 25.2. The van der Waals surface area contributed by atoms with Crippen LogP contribution in [-0.4, -0.2) is 39.4 Å². The summed E-state index contributed by atoms with van der Waals surface area (Å²) in [7, 11) is 1.77. The average Bonchev–Trinajstić information content (AvgIpc) is 3.46. The summed E-state index contributed by atoms with van der Waals surface area (Å²) in [6.07, 6.45) is 4.88. The second kappa shape index (κ2) is 10.8. The standard InChI is InChI=1S/C28H37N3O4/c1-6-31-25-10-8-20(7-9-21(13-18(2)3)28(33)35-23-11-12-34-17-23)15-24(25)29-26(31)22-14-19(4)27(32)30(5)16-22/h8,10,14-16,18,21,23H,6-7,9,11-13,17H2,1-5H3/t21-,23-/m0/s1. The van der Waals surface area contributed by atoms with Gasteiger partial charge in [-0.05, 0) is 62.8 Å². The molecule has 35 heavy (non-hydrogen) atoms. The maximum atomic E-state index is 12.9. The van der Waals surface area contributed by atoms with E-state index in [-0.39, 0.29) is 23.6 Å². The van der Waals surface area contributed by atoms with Gasteiger partial charge in [-0.25, -0.2) is 4.98 Å². The number of imidazole rings is 1. The van der Waals surface area contributed by atoms with Crippen LogP contribution in [0.4, 0.5) is 0 Å². The molecule has 0 N–H and O–H groups in total. The Balaban J connectivity index is 1.55. The van der Waals surface area contributed by atoms with Gasteiger partial charge in [-0.3, -0.25) is 9.59 Å². The molecule has 2 atom stereocenters. The van der Waals surface area contributed by atoms with Gasteiger partial charge in [0, 0.05) is 37.3 Å². The van der Waals surface area contributed by atoms with Crippen molar-refractivity contribution in [1.82, 2.24) is 14.1 Å². The third kappa shape index (κ3) is 5.67. The number of carbonyl (C=O) groups excluding carboxylic acids is 1. The normalized spacial score (nSPS) is 16.8. The molecule has 0 unspecified atom stereocenters. The fraction of sp³-hybridized carbons (Fsp3) is 0.536. The summed E-state index contributed by atoms with van der Waals surface area (Å²) in [6, 6.07) is 8.29. The predicted molar refractivity (Wildman–Crippen MR) is 137 cm³/mol. The van der Waals surface area contributed by atoms with Crippen LogP contribution in [0.5, 0.6) is 0 Å². The molecule has 1 aromatic carbocycles. The largest absolute Gasteiger partial charge is 0.460 e. The Kier molecular flexibility index (Phi) is 7.75. The van der Waals surface area contributed by atoms with Crippen LogP contribution in [0.3, 0.4) is 0 Å². The summed E-state index contributed by atoms with van der Waals surface area (Å²) in [4.78, 5) is 30.0. The molecule has 0 amide bonds. The van der Waals surface area contributed by atoms with Gasteiger partial charge in [0.25, 0.3) is 5.56 Å². The minimum absolute atomic E-state index is 0.00475. The Hall–Kier alpha value is -2.93. The zero-order valence-electron chi connectivity index (χ0n) is 21.5. The van der Waals surface area contributed by atoms with Gasteiger partial charge in [0.1, 0.15) is 11.9 Å². The molecule has 4 rings (SSSR count). The van der Waals surface area contributed by atoms with Gasteiger partial charge >= 0.3 is 5.97 Å². The number of aryl methyl sites for hydroxylation is 4. The second-order valence-corrected chi connectivity index (χ2v) is 10.1. The fourth-order valence-electron chi connectivity index (χ4n) is 4.98. The lowest BCUT2D eigenvalue weighted by atomic mass is 9.91. The highest BCUT2D eigenvalue weighted by Crippen LogP contribution is 2.27. The highest BCUT2D eigenvalue weighted by Gasteiger charge is 2.26. The summed E-state index contributed by atoms with van der Waals surface area (Å²) >= 11 is 0. The third-order valence-electron chi connectivity index (χ3n) is 6.79. The molecule has 3 aromatic rings. The van der Waals surface area contributed by atoms with E-state index in [4.69, 9.17) is 14.5 Å². The van der Waals surface area contributed by atoms with Crippen LogP contribution in [0.25, 0.3) is 22.4 Å². The molecule has 0 spiro atoms. The summed E-state index contributed by atoms with van der Waals surface area (Å²) in [5.74, 6) is 1.06. The Morgan fingerprint density at radius 2 is 2.09 bits per heavy atom. The lowest BCUT2D eigenvalue weighted by Gasteiger charge is -2.20. The van der Waals surface area contributed by atoms with E-state index in [0.29, 0.717) is 24.7 Å². The van der Waals surface area contributed by atoms with E-state index in [1.54, 1.807) is 11.6 Å². The molecule has 1 fully saturated rings. The fourth-order valence-corrected chi connectivity index (χ4v) is 4.98. The lowest BCUT2D eigenvalue weighted by Crippen LogP contribution is -2.26. The van der Waals surface area contributed by atoms with Crippen molar-refractivity contribution in [2.75, 3.05) is 13.2 Å². The quantitative estimate of drug-likeness (QED) is 0.418. The summed E-state index contributed by atoms with van der Waals surface area (Å²) in [5.41, 5.74) is 4.79. The average molecular weight is 480 g/mol. The van der Waals surface area contributed by atoms with E-state index in [0.717, 1.165) is 60.2 Å². The van der Waals surface area contributed by atoms with E-state index in [9.17, 15) is 9.59 Å². The van der Waals surface area contributed by atoms with Gasteiger partial charge in [-0.1, -0.05) is 19.9 Å². The topological polar surface area (TPSA) is 75.4 Å². The summed E-state index contributed by atoms with van der Waals surface area (Å²) in [6.45, 7) is 10.2. The van der Waals surface area contributed by atoms with E-state index >= 15 is 0 Å². The van der Waals surface area contributed by atoms with Crippen LogP contribution in [-0.2, 0) is 34.3 Å². The molecule has 0 aliphatic carbocycles. The molecule has 1 saturated heterocycles. The maximum absolute atomic E-state index is 12.9. The van der Waals surface area contributed by atoms with Crippen molar-refractivity contribution in [2.24, 2.45) is 18.9 Å². The number of benzene rings is 1. The van der Waals surface area contributed by atoms with E-state index in [1.165, 1.54) is 0 Å². The minimum atomic E-state index is -0.122. The summed E-state index contributed by atoms with van der Waals surface area (Å²) in [5, 5.41) is 0. The van der Waals surface area contributed by atoms with Crippen molar-refractivity contribution < 1.29 is 14.3 Å². The van der Waals surface area contributed by atoms with E-state index in [1.807, 2.05) is 19.2 Å². The van der Waals surface area contributed by atoms with Crippen LogP contribution in [0.15, 0.2) is 35.3 Å². The number of nitrogens with zero attached hydrogens (tertiary/aromatic N) is 3. The molecule has 0 saturated carbocycles. The molecule has 0 radical (unpaired) electrons. The summed E-state index contributed by atoms with van der Waals surface area (Å²) < 4.78 is 14.9. The zero-order valence-corrected chi connectivity index (χ0v) is 21.5. The number of esters is 1. The number of rotatable bonds is 9. The van der Waals surface area contributed by atoms with E-state index < -0.39 is 0 Å². The number of pyridine rings is 1. The predicted octanol–water partition coefficient (Wildman–Crippen LogP) is 4.66. The molecule has 7 nitrogen and oxygen atoms in total. The van der Waals surface area contributed by atoms with Crippen LogP contribution in [0, 0.1) is 18.8 Å². The van der Waals surface area contributed by atoms with Gasteiger partial charge in [0.2, 0.25) is 0 Å². The Labute approximate surface area is 207 Å². The first-order valence-corrected chi connectivity index (χ1v) is 12.7. The molecule has 1 aliphatic heterocycles. The van der Waals surface area contributed by atoms with Crippen LogP contribution >= 0.6 is 0 Å². The maximum Gasteiger partial charge on any atom is 0.309 e. The Morgan fingerprint density at radius 3 is 2.74 bits per heavy atom. The number of fused-ring (bicyclic) bond motifs is 1. The molecular formula is C28H37N3O4. The third-order valence-corrected chi connectivity index (χ3v) is 6.79. The van der Waals surface area contributed by atoms with Gasteiger partial charge in [-0.15, -0.1) is 0 Å². The second-order valence-electron chi connectivity index (χ2n) is 10.1. The van der Waals surface area contributed by atoms with Crippen molar-refractivity contribution in [2.45, 2.75) is 66.0 Å². The van der Waals surface area contributed by atoms with Crippen molar-refractivity contribution in [3.05, 3.63) is 51.9 Å². The Bertz CT molecular complexity index is 1220. The number of aromatic nitrogens is 3. The molecule has 3 heterocycles. The van der Waals surface area contributed by atoms with Crippen molar-refractivity contribution in [3.63, 3.8) is 0 Å². The molecular weight excluding hydrogens is 442 g/mol. The Morgan fingerprint density at radius 1 is 1.29 bits per heavy atom. The van der Waals surface area contributed by atoms with Gasteiger partial charge < -0.3 is 18.6 Å². The monoisotopic (exact) mass is 479 g/mol. The lowest BCUT2D eigenvalue weighted by molar-refractivity contribution is -0.154. The minimum Gasteiger partial charge on any atom is -0.460 e. The molecule has 0 bridgehead atoms. The highest BCUT2D eigenvalue weighted by molar-refractivity contribution is 5.81. The molecule has 7 heteroatoms.